The summed E-state index contributed by atoms with van der Waals surface area (Å²) in [6, 6.07) is 0. The van der Waals surface area contributed by atoms with Crippen molar-refractivity contribution < 1.29 is 0 Å². The maximum atomic E-state index is 4.37. The molecule has 1 saturated carbocycles. The Kier molecular flexibility index (Phi) is 4.60. The van der Waals surface area contributed by atoms with Crippen LogP contribution in [0.4, 0.5) is 0 Å². The fraction of sp³-hybridized carbons (Fsp3) is 0.786. The molecular formula is C14H25N3. The molecule has 1 aliphatic carbocycles. The summed E-state index contributed by atoms with van der Waals surface area (Å²) in [7, 11) is 1.99. The lowest BCUT2D eigenvalue weighted by molar-refractivity contribution is 0.425. The minimum atomic E-state index is 0.898. The van der Waals surface area contributed by atoms with Gasteiger partial charge in [-0.2, -0.15) is 5.10 Å². The molecule has 0 spiro atoms. The van der Waals surface area contributed by atoms with E-state index < -0.39 is 0 Å². The number of nitrogens with one attached hydrogen (secondary N) is 1. The third kappa shape index (κ3) is 3.84. The molecule has 96 valence electrons. The van der Waals surface area contributed by atoms with Crippen LogP contribution in [0, 0.1) is 12.8 Å². The van der Waals surface area contributed by atoms with Gasteiger partial charge >= 0.3 is 0 Å². The first-order valence-electron chi connectivity index (χ1n) is 6.95. The number of rotatable bonds is 4. The topological polar surface area (TPSA) is 29.9 Å². The second kappa shape index (κ2) is 6.20. The Balaban J connectivity index is 1.73. The van der Waals surface area contributed by atoms with Gasteiger partial charge in [0.15, 0.2) is 0 Å². The van der Waals surface area contributed by atoms with Crippen molar-refractivity contribution in [1.29, 1.82) is 0 Å². The molecule has 0 atom stereocenters. The number of hydrogen-bond donors (Lipinski definition) is 1. The molecule has 17 heavy (non-hydrogen) atoms. The maximum Gasteiger partial charge on any atom is 0.0638 e. The fourth-order valence-electron chi connectivity index (χ4n) is 2.80. The SMILES string of the molecule is Cc1nn(C)cc1CNCC1CCCCCC1. The smallest absolute Gasteiger partial charge is 0.0638 e. The lowest BCUT2D eigenvalue weighted by atomic mass is 10.0. The lowest BCUT2D eigenvalue weighted by Gasteiger charge is -2.14. The van der Waals surface area contributed by atoms with E-state index in [0.717, 1.165) is 18.2 Å². The molecule has 0 saturated heterocycles. The normalized spacial score (nSPS) is 18.2. The van der Waals surface area contributed by atoms with Gasteiger partial charge in [0.2, 0.25) is 0 Å². The Hall–Kier alpha value is -0.830. The molecule has 1 aromatic heterocycles. The van der Waals surface area contributed by atoms with Gasteiger partial charge < -0.3 is 5.32 Å². The van der Waals surface area contributed by atoms with Crippen molar-refractivity contribution in [2.24, 2.45) is 13.0 Å². The summed E-state index contributed by atoms with van der Waals surface area (Å²) < 4.78 is 1.90. The van der Waals surface area contributed by atoms with E-state index >= 15 is 0 Å². The first-order chi connectivity index (χ1) is 8.25. The Morgan fingerprint density at radius 3 is 2.59 bits per heavy atom. The third-order valence-corrected chi connectivity index (χ3v) is 3.84. The van der Waals surface area contributed by atoms with Crippen LogP contribution in [-0.4, -0.2) is 16.3 Å². The van der Waals surface area contributed by atoms with Crippen LogP contribution < -0.4 is 5.32 Å². The average Bonchev–Trinajstić information content (AvgIpc) is 2.54. The molecule has 1 N–H and O–H groups in total. The summed E-state index contributed by atoms with van der Waals surface area (Å²) in [6.07, 6.45) is 10.7. The summed E-state index contributed by atoms with van der Waals surface area (Å²) in [6.45, 7) is 4.23. The molecule has 0 amide bonds. The largest absolute Gasteiger partial charge is 0.312 e. The van der Waals surface area contributed by atoms with E-state index in [4.69, 9.17) is 0 Å². The fourth-order valence-corrected chi connectivity index (χ4v) is 2.80. The van der Waals surface area contributed by atoms with Crippen molar-refractivity contribution in [2.45, 2.75) is 52.0 Å². The molecule has 1 heterocycles. The second-order valence-corrected chi connectivity index (χ2v) is 5.40. The Morgan fingerprint density at radius 1 is 1.29 bits per heavy atom. The van der Waals surface area contributed by atoms with Crippen LogP contribution in [0.15, 0.2) is 6.20 Å². The highest BCUT2D eigenvalue weighted by atomic mass is 15.2. The van der Waals surface area contributed by atoms with Crippen LogP contribution in [0.2, 0.25) is 0 Å². The minimum absolute atomic E-state index is 0.898. The quantitative estimate of drug-likeness (QED) is 0.813. The van der Waals surface area contributed by atoms with Crippen LogP contribution in [0.3, 0.4) is 0 Å². The molecule has 0 bridgehead atoms. The Morgan fingerprint density at radius 2 is 2.00 bits per heavy atom. The van der Waals surface area contributed by atoms with Crippen molar-refractivity contribution in [3.63, 3.8) is 0 Å². The molecule has 3 nitrogen and oxygen atoms in total. The maximum absolute atomic E-state index is 4.37. The van der Waals surface area contributed by atoms with Crippen molar-refractivity contribution in [3.05, 3.63) is 17.5 Å². The highest BCUT2D eigenvalue weighted by molar-refractivity contribution is 5.14. The van der Waals surface area contributed by atoms with E-state index in [1.54, 1.807) is 0 Å². The zero-order valence-corrected chi connectivity index (χ0v) is 11.2. The van der Waals surface area contributed by atoms with Gasteiger partial charge in [-0.15, -0.1) is 0 Å². The summed E-state index contributed by atoms with van der Waals surface area (Å²) >= 11 is 0. The van der Waals surface area contributed by atoms with E-state index in [0.29, 0.717) is 0 Å². The van der Waals surface area contributed by atoms with Gasteiger partial charge in [-0.1, -0.05) is 25.7 Å². The second-order valence-electron chi connectivity index (χ2n) is 5.40. The van der Waals surface area contributed by atoms with Gasteiger partial charge in [0.25, 0.3) is 0 Å². The highest BCUT2D eigenvalue weighted by Crippen LogP contribution is 2.22. The summed E-state index contributed by atoms with van der Waals surface area (Å²) in [5, 5.41) is 7.97. The predicted molar refractivity (Wildman–Crippen MR) is 70.8 cm³/mol. The van der Waals surface area contributed by atoms with E-state index in [9.17, 15) is 0 Å². The third-order valence-electron chi connectivity index (χ3n) is 3.84. The molecule has 3 heteroatoms. The number of hydrogen-bond acceptors (Lipinski definition) is 2. The van der Waals surface area contributed by atoms with Crippen molar-refractivity contribution in [1.82, 2.24) is 15.1 Å². The van der Waals surface area contributed by atoms with Gasteiger partial charge in [0.05, 0.1) is 5.69 Å². The summed E-state index contributed by atoms with van der Waals surface area (Å²) in [5.41, 5.74) is 2.49. The summed E-state index contributed by atoms with van der Waals surface area (Å²) in [5.74, 6) is 0.898. The van der Waals surface area contributed by atoms with Crippen molar-refractivity contribution >= 4 is 0 Å². The molecule has 0 aliphatic heterocycles. The van der Waals surface area contributed by atoms with Crippen LogP contribution >= 0.6 is 0 Å². The van der Waals surface area contributed by atoms with Gasteiger partial charge in [-0.3, -0.25) is 4.68 Å². The predicted octanol–water partition coefficient (Wildman–Crippen LogP) is 2.79. The first-order valence-corrected chi connectivity index (χ1v) is 6.95. The molecule has 0 radical (unpaired) electrons. The minimum Gasteiger partial charge on any atom is -0.312 e. The monoisotopic (exact) mass is 235 g/mol. The molecular weight excluding hydrogens is 210 g/mol. The standard InChI is InChI=1S/C14H25N3/c1-12-14(11-17(2)16-12)10-15-9-13-7-5-3-4-6-8-13/h11,13,15H,3-10H2,1-2H3. The van der Waals surface area contributed by atoms with Crippen molar-refractivity contribution in [2.75, 3.05) is 6.54 Å². The van der Waals surface area contributed by atoms with Crippen LogP contribution in [0.5, 0.6) is 0 Å². The summed E-state index contributed by atoms with van der Waals surface area (Å²) in [4.78, 5) is 0. The highest BCUT2D eigenvalue weighted by Gasteiger charge is 2.12. The van der Waals surface area contributed by atoms with Gasteiger partial charge in [0.1, 0.15) is 0 Å². The van der Waals surface area contributed by atoms with Crippen LogP contribution in [0.25, 0.3) is 0 Å². The van der Waals surface area contributed by atoms with Crippen LogP contribution in [0.1, 0.15) is 49.8 Å². The van der Waals surface area contributed by atoms with Gasteiger partial charge in [-0.05, 0) is 32.2 Å². The Bertz CT molecular complexity index is 335. The Labute approximate surface area is 105 Å². The van der Waals surface area contributed by atoms with Crippen molar-refractivity contribution in [3.8, 4) is 0 Å². The number of nitrogens with zero attached hydrogens (tertiary/aromatic N) is 2. The molecule has 0 unspecified atom stereocenters. The number of aromatic nitrogens is 2. The molecule has 2 rings (SSSR count). The van der Waals surface area contributed by atoms with E-state index in [1.807, 2.05) is 11.7 Å². The molecule has 1 aromatic rings. The molecule has 1 aliphatic rings. The zero-order chi connectivity index (χ0) is 12.1. The van der Waals surface area contributed by atoms with Gasteiger partial charge in [0, 0.05) is 25.4 Å². The number of aryl methyl sites for hydroxylation is 2. The average molecular weight is 235 g/mol. The van der Waals surface area contributed by atoms with E-state index in [2.05, 4.69) is 23.5 Å². The molecule has 1 fully saturated rings. The van der Waals surface area contributed by atoms with Gasteiger partial charge in [-0.25, -0.2) is 0 Å². The molecule has 0 aromatic carbocycles. The van der Waals surface area contributed by atoms with Crippen LogP contribution in [-0.2, 0) is 13.6 Å². The zero-order valence-electron chi connectivity index (χ0n) is 11.2. The van der Waals surface area contributed by atoms with E-state index in [1.165, 1.54) is 50.6 Å². The lowest BCUT2D eigenvalue weighted by Crippen LogP contribution is -2.22. The van der Waals surface area contributed by atoms with E-state index in [-0.39, 0.29) is 0 Å². The first kappa shape index (κ1) is 12.6.